The molecule has 0 unspecified atom stereocenters. The van der Waals surface area contributed by atoms with Gasteiger partial charge in [0.25, 0.3) is 0 Å². The summed E-state index contributed by atoms with van der Waals surface area (Å²) in [6.45, 7) is -0.436. The second-order valence-corrected chi connectivity index (χ2v) is 11.8. The van der Waals surface area contributed by atoms with Gasteiger partial charge in [-0.15, -0.1) is 0 Å². The van der Waals surface area contributed by atoms with Crippen molar-refractivity contribution >= 4 is 27.1 Å². The second-order valence-electron chi connectivity index (χ2n) is 7.91. The zero-order chi connectivity index (χ0) is 30.1. The Hall–Kier alpha value is -2.28. The van der Waals surface area contributed by atoms with Crippen molar-refractivity contribution < 1.29 is 66.6 Å². The van der Waals surface area contributed by atoms with E-state index in [0.29, 0.717) is 5.56 Å². The summed E-state index contributed by atoms with van der Waals surface area (Å²) >= 11 is -2.33. The fourth-order valence-corrected chi connectivity index (χ4v) is 6.35. The molecule has 19 heteroatoms. The van der Waals surface area contributed by atoms with Gasteiger partial charge in [0.15, 0.2) is 0 Å². The van der Waals surface area contributed by atoms with Crippen molar-refractivity contribution in [1.29, 1.82) is 0 Å². The SMILES string of the molecule is COC(=O)Cn1nnc([CH2][Sn][CH2]CC(F)(F)C(F)(F)C(F)(F)C(F)(F)C(F)(F)C(F)(F)F)c1-c1ccccc1. The van der Waals surface area contributed by atoms with Crippen LogP contribution in [0.1, 0.15) is 12.1 Å². The number of carbonyl (C=O) groups is 1. The third-order valence-electron chi connectivity index (χ3n) is 5.27. The van der Waals surface area contributed by atoms with Gasteiger partial charge >= 0.3 is 221 Å². The van der Waals surface area contributed by atoms with Gasteiger partial charge in [0, 0.05) is 0 Å². The molecule has 0 aliphatic rings. The summed E-state index contributed by atoms with van der Waals surface area (Å²) in [5.41, 5.74) is 0.734. The summed E-state index contributed by atoms with van der Waals surface area (Å²) in [7, 11) is 1.08. The zero-order valence-corrected chi connectivity index (χ0v) is 22.1. The number of methoxy groups -OCH3 is 1. The number of hydrogen-bond acceptors (Lipinski definition) is 4. The Labute approximate surface area is 220 Å². The average Bonchev–Trinajstić information content (AvgIpc) is 3.23. The van der Waals surface area contributed by atoms with Crippen LogP contribution in [0.5, 0.6) is 0 Å². The van der Waals surface area contributed by atoms with E-state index < -0.39 is 80.3 Å². The summed E-state index contributed by atoms with van der Waals surface area (Å²) in [6, 6.07) is 7.88. The van der Waals surface area contributed by atoms with Gasteiger partial charge in [0.1, 0.15) is 0 Å². The molecule has 0 saturated carbocycles. The van der Waals surface area contributed by atoms with Gasteiger partial charge in [0.05, 0.1) is 0 Å². The molecule has 1 aromatic heterocycles. The third kappa shape index (κ3) is 6.08. The van der Waals surface area contributed by atoms with Crippen LogP contribution in [0.2, 0.25) is 4.44 Å². The molecule has 5 nitrogen and oxygen atoms in total. The zero-order valence-electron chi connectivity index (χ0n) is 19.3. The monoisotopic (exact) mass is 697 g/mol. The van der Waals surface area contributed by atoms with E-state index in [1.165, 1.54) is 0 Å². The minimum absolute atomic E-state index is 0.0912. The van der Waals surface area contributed by atoms with Crippen LogP contribution >= 0.6 is 0 Å². The number of hydrogen-bond donors (Lipinski definition) is 0. The predicted octanol–water partition coefficient (Wildman–Crippen LogP) is 5.87. The second kappa shape index (κ2) is 11.3. The molecule has 0 bridgehead atoms. The van der Waals surface area contributed by atoms with Gasteiger partial charge in [-0.3, -0.25) is 0 Å². The van der Waals surface area contributed by atoms with E-state index in [0.717, 1.165) is 11.8 Å². The third-order valence-corrected chi connectivity index (χ3v) is 8.66. The van der Waals surface area contributed by atoms with Crippen LogP contribution in [-0.2, 0) is 20.5 Å². The fourth-order valence-electron chi connectivity index (χ4n) is 3.09. The molecule has 0 amide bonds. The molecule has 0 N–H and O–H groups in total. The van der Waals surface area contributed by atoms with E-state index in [-0.39, 0.29) is 15.8 Å². The van der Waals surface area contributed by atoms with Crippen molar-refractivity contribution in [3.8, 4) is 11.3 Å². The van der Waals surface area contributed by atoms with E-state index in [1.54, 1.807) is 30.3 Å². The van der Waals surface area contributed by atoms with E-state index in [4.69, 9.17) is 0 Å². The average molecular weight is 696 g/mol. The van der Waals surface area contributed by atoms with Gasteiger partial charge in [-0.25, -0.2) is 0 Å². The first-order valence-electron chi connectivity index (χ1n) is 10.4. The van der Waals surface area contributed by atoms with Crippen LogP contribution < -0.4 is 0 Å². The topological polar surface area (TPSA) is 57.0 Å². The Morgan fingerprint density at radius 2 is 1.38 bits per heavy atom. The minimum atomic E-state index is -7.91. The van der Waals surface area contributed by atoms with Crippen LogP contribution in [0, 0.1) is 0 Å². The number of esters is 1. The van der Waals surface area contributed by atoms with Gasteiger partial charge < -0.3 is 0 Å². The fraction of sp³-hybridized carbons (Fsp3) is 0.550. The van der Waals surface area contributed by atoms with E-state index in [1.807, 2.05) is 0 Å². The molecule has 1 aromatic carbocycles. The molecule has 2 rings (SSSR count). The van der Waals surface area contributed by atoms with Crippen LogP contribution in [0.3, 0.4) is 0 Å². The first-order valence-corrected chi connectivity index (χ1v) is 14.4. The van der Waals surface area contributed by atoms with Gasteiger partial charge in [-0.1, -0.05) is 0 Å². The summed E-state index contributed by atoms with van der Waals surface area (Å²) < 4.78 is 177. The Kier molecular flexibility index (Phi) is 9.54. The van der Waals surface area contributed by atoms with Crippen molar-refractivity contribution in [2.24, 2.45) is 0 Å². The molecule has 0 aliphatic heterocycles. The number of nitrogens with zero attached hydrogens (tertiary/aromatic N) is 3. The summed E-state index contributed by atoms with van der Waals surface area (Å²) in [5, 5.41) is 7.52. The van der Waals surface area contributed by atoms with Gasteiger partial charge in [-0.2, -0.15) is 0 Å². The van der Waals surface area contributed by atoms with E-state index in [9.17, 15) is 61.9 Å². The van der Waals surface area contributed by atoms with Crippen molar-refractivity contribution in [1.82, 2.24) is 15.0 Å². The molecular formula is C20H16F13N3O2Sn. The van der Waals surface area contributed by atoms with Crippen molar-refractivity contribution in [3.63, 3.8) is 0 Å². The molecule has 0 atom stereocenters. The van der Waals surface area contributed by atoms with E-state index in [2.05, 4.69) is 15.0 Å². The first-order chi connectivity index (χ1) is 17.7. The maximum atomic E-state index is 14.0. The molecule has 39 heavy (non-hydrogen) atoms. The number of ether oxygens (including phenoxy) is 1. The summed E-state index contributed by atoms with van der Waals surface area (Å²) in [4.78, 5) is 11.6. The Morgan fingerprint density at radius 3 is 1.90 bits per heavy atom. The molecule has 0 saturated heterocycles. The summed E-state index contributed by atoms with van der Waals surface area (Å²) in [6.07, 6.45) is -9.66. The number of rotatable bonds is 12. The number of alkyl halides is 13. The van der Waals surface area contributed by atoms with E-state index >= 15 is 0 Å². The standard InChI is InChI=1S/C12H12N3O2.C8H4F13.Sn/c1-9-12(10-6-4-3-5-7-10)15(14-13-9)8-11(16)17-2;1-2-3(9,10)4(11,12)5(13,14)6(15,16)7(17,18)8(19,20)21;/h3-7H,1,8H2,2H3;1-2H2;. The molecule has 0 spiro atoms. The van der Waals surface area contributed by atoms with Crippen molar-refractivity contribution in [3.05, 3.63) is 36.0 Å². The van der Waals surface area contributed by atoms with Crippen molar-refractivity contribution in [2.75, 3.05) is 7.11 Å². The van der Waals surface area contributed by atoms with Gasteiger partial charge in [0.2, 0.25) is 0 Å². The number of aromatic nitrogens is 3. The summed E-state index contributed by atoms with van der Waals surface area (Å²) in [5.74, 6) is -37.6. The van der Waals surface area contributed by atoms with Crippen LogP contribution in [0.15, 0.2) is 30.3 Å². The molecule has 0 fully saturated rings. The Balaban J connectivity index is 2.22. The molecule has 2 radical (unpaired) electrons. The van der Waals surface area contributed by atoms with Crippen molar-refractivity contribution in [2.45, 2.75) is 57.6 Å². The Bertz CT molecular complexity index is 1140. The molecule has 0 aliphatic carbocycles. The first kappa shape index (κ1) is 32.9. The number of halogens is 13. The number of carbonyl (C=O) groups excluding carboxylic acids is 1. The molecule has 2 aromatic rings. The van der Waals surface area contributed by atoms with Crippen LogP contribution in [0.4, 0.5) is 57.1 Å². The van der Waals surface area contributed by atoms with Gasteiger partial charge in [-0.05, 0) is 0 Å². The number of benzene rings is 1. The molecular weight excluding hydrogens is 680 g/mol. The maximum absolute atomic E-state index is 14.0. The molecule has 218 valence electrons. The molecule has 1 heterocycles. The van der Waals surface area contributed by atoms with Crippen LogP contribution in [0.25, 0.3) is 11.3 Å². The Morgan fingerprint density at radius 1 is 0.846 bits per heavy atom. The van der Waals surface area contributed by atoms with Crippen LogP contribution in [-0.4, -0.2) is 85.0 Å². The quantitative estimate of drug-likeness (QED) is 0.121. The normalized spacial score (nSPS) is 14.0. The predicted molar refractivity (Wildman–Crippen MR) is 107 cm³/mol.